The van der Waals surface area contributed by atoms with Gasteiger partial charge in [-0.1, -0.05) is 6.07 Å². The fraction of sp³-hybridized carbons (Fsp3) is 0.538. The van der Waals surface area contributed by atoms with Crippen LogP contribution in [0.5, 0.6) is 0 Å². The summed E-state index contributed by atoms with van der Waals surface area (Å²) in [6.45, 7) is 6.47. The molecule has 5 nitrogen and oxygen atoms in total. The Morgan fingerprint density at radius 2 is 2.16 bits per heavy atom. The maximum Gasteiger partial charge on any atom is 0.191 e. The fourth-order valence-corrected chi connectivity index (χ4v) is 3.16. The van der Waals surface area contributed by atoms with Crippen LogP contribution in [0, 0.1) is 0 Å². The van der Waals surface area contributed by atoms with Crippen molar-refractivity contribution in [1.29, 1.82) is 0 Å². The second-order valence-electron chi connectivity index (χ2n) is 4.86. The molecule has 1 atom stereocenters. The molecule has 2 aromatic rings. The molecular formula is C13H19N5S. The monoisotopic (exact) mass is 277 g/mol. The van der Waals surface area contributed by atoms with E-state index in [1.54, 1.807) is 11.3 Å². The molecule has 1 unspecified atom stereocenters. The van der Waals surface area contributed by atoms with E-state index in [0.29, 0.717) is 6.04 Å². The minimum Gasteiger partial charge on any atom is -0.314 e. The van der Waals surface area contributed by atoms with Gasteiger partial charge in [-0.15, -0.1) is 11.3 Å². The number of thiophene rings is 1. The Morgan fingerprint density at radius 3 is 2.84 bits per heavy atom. The van der Waals surface area contributed by atoms with E-state index in [-0.39, 0.29) is 0 Å². The maximum atomic E-state index is 4.73. The zero-order valence-corrected chi connectivity index (χ0v) is 12.2. The summed E-state index contributed by atoms with van der Waals surface area (Å²) in [6, 6.07) is 4.42. The first-order chi connectivity index (χ1) is 9.25. The molecule has 0 bridgehead atoms. The van der Waals surface area contributed by atoms with Crippen molar-refractivity contribution in [1.82, 2.24) is 25.0 Å². The van der Waals surface area contributed by atoms with Crippen molar-refractivity contribution in [3.05, 3.63) is 23.3 Å². The SMILES string of the molecule is CC(c1nc(-c2cccs2)nn1C)N1CCNCC1. The molecule has 0 spiro atoms. The van der Waals surface area contributed by atoms with Gasteiger partial charge in [0.05, 0.1) is 10.9 Å². The molecule has 102 valence electrons. The molecule has 0 amide bonds. The highest BCUT2D eigenvalue weighted by atomic mass is 32.1. The molecule has 1 saturated heterocycles. The topological polar surface area (TPSA) is 46.0 Å². The van der Waals surface area contributed by atoms with Gasteiger partial charge in [0, 0.05) is 33.2 Å². The third kappa shape index (κ3) is 2.56. The maximum absolute atomic E-state index is 4.73. The van der Waals surface area contributed by atoms with Gasteiger partial charge >= 0.3 is 0 Å². The van der Waals surface area contributed by atoms with Crippen LogP contribution in [0.2, 0.25) is 0 Å². The quantitative estimate of drug-likeness (QED) is 0.924. The number of hydrogen-bond acceptors (Lipinski definition) is 5. The Labute approximate surface area is 117 Å². The Bertz CT molecular complexity index is 527. The van der Waals surface area contributed by atoms with E-state index in [1.165, 1.54) is 0 Å². The molecular weight excluding hydrogens is 258 g/mol. The molecule has 1 aliphatic heterocycles. The lowest BCUT2D eigenvalue weighted by Crippen LogP contribution is -2.44. The number of aryl methyl sites for hydroxylation is 1. The van der Waals surface area contributed by atoms with Crippen molar-refractivity contribution < 1.29 is 0 Å². The van der Waals surface area contributed by atoms with Gasteiger partial charge in [-0.25, -0.2) is 4.98 Å². The van der Waals surface area contributed by atoms with Crippen LogP contribution in [0.1, 0.15) is 18.8 Å². The van der Waals surface area contributed by atoms with Crippen LogP contribution in [0.4, 0.5) is 0 Å². The molecule has 1 N–H and O–H groups in total. The Balaban J connectivity index is 1.84. The van der Waals surface area contributed by atoms with Crippen LogP contribution < -0.4 is 5.32 Å². The lowest BCUT2D eigenvalue weighted by atomic mass is 10.2. The van der Waals surface area contributed by atoms with Crippen LogP contribution in [0.25, 0.3) is 10.7 Å². The van der Waals surface area contributed by atoms with Gasteiger partial charge < -0.3 is 5.32 Å². The van der Waals surface area contributed by atoms with E-state index in [9.17, 15) is 0 Å². The van der Waals surface area contributed by atoms with Gasteiger partial charge in [0.1, 0.15) is 5.82 Å². The molecule has 0 saturated carbocycles. The molecule has 1 fully saturated rings. The van der Waals surface area contributed by atoms with Crippen molar-refractivity contribution >= 4 is 11.3 Å². The summed E-state index contributed by atoms with van der Waals surface area (Å²) >= 11 is 1.68. The van der Waals surface area contributed by atoms with Crippen LogP contribution in [0.3, 0.4) is 0 Å². The van der Waals surface area contributed by atoms with Crippen molar-refractivity contribution in [3.63, 3.8) is 0 Å². The smallest absolute Gasteiger partial charge is 0.191 e. The summed E-state index contributed by atoms with van der Waals surface area (Å²) in [5.74, 6) is 1.89. The Morgan fingerprint density at radius 1 is 1.37 bits per heavy atom. The normalized spacial score (nSPS) is 18.6. The van der Waals surface area contributed by atoms with E-state index in [1.807, 2.05) is 17.8 Å². The molecule has 3 heterocycles. The van der Waals surface area contributed by atoms with Gasteiger partial charge in [0.25, 0.3) is 0 Å². The predicted octanol–water partition coefficient (Wildman–Crippen LogP) is 1.51. The lowest BCUT2D eigenvalue weighted by molar-refractivity contribution is 0.176. The molecule has 0 radical (unpaired) electrons. The molecule has 2 aromatic heterocycles. The van der Waals surface area contributed by atoms with Gasteiger partial charge in [0.15, 0.2) is 5.82 Å². The van der Waals surface area contributed by atoms with E-state index in [0.717, 1.165) is 42.7 Å². The largest absolute Gasteiger partial charge is 0.314 e. The Kier molecular flexibility index (Phi) is 3.63. The van der Waals surface area contributed by atoms with Crippen molar-refractivity contribution in [3.8, 4) is 10.7 Å². The van der Waals surface area contributed by atoms with Gasteiger partial charge in [-0.3, -0.25) is 9.58 Å². The number of nitrogens with zero attached hydrogens (tertiary/aromatic N) is 4. The Hall–Kier alpha value is -1.24. The minimum atomic E-state index is 0.313. The number of rotatable bonds is 3. The summed E-state index contributed by atoms with van der Waals surface area (Å²) < 4.78 is 1.92. The summed E-state index contributed by atoms with van der Waals surface area (Å²) in [7, 11) is 1.98. The first-order valence-corrected chi connectivity index (χ1v) is 7.53. The third-order valence-electron chi connectivity index (χ3n) is 3.61. The second kappa shape index (κ2) is 5.40. The van der Waals surface area contributed by atoms with Gasteiger partial charge in [0.2, 0.25) is 0 Å². The van der Waals surface area contributed by atoms with E-state index in [4.69, 9.17) is 4.98 Å². The molecule has 0 aliphatic carbocycles. The lowest BCUT2D eigenvalue weighted by Gasteiger charge is -2.31. The highest BCUT2D eigenvalue weighted by Gasteiger charge is 2.23. The first-order valence-electron chi connectivity index (χ1n) is 6.65. The molecule has 6 heteroatoms. The zero-order valence-electron chi connectivity index (χ0n) is 11.3. The average Bonchev–Trinajstić information content (AvgIpc) is 3.08. The van der Waals surface area contributed by atoms with Crippen molar-refractivity contribution in [2.45, 2.75) is 13.0 Å². The van der Waals surface area contributed by atoms with Crippen molar-refractivity contribution in [2.75, 3.05) is 26.2 Å². The predicted molar refractivity (Wildman–Crippen MR) is 77.2 cm³/mol. The average molecular weight is 277 g/mol. The highest BCUT2D eigenvalue weighted by Crippen LogP contribution is 2.25. The van der Waals surface area contributed by atoms with E-state index >= 15 is 0 Å². The summed E-state index contributed by atoms with van der Waals surface area (Å²) in [5, 5.41) is 9.98. The summed E-state index contributed by atoms with van der Waals surface area (Å²) in [6.07, 6.45) is 0. The number of nitrogens with one attached hydrogen (secondary N) is 1. The van der Waals surface area contributed by atoms with Gasteiger partial charge in [-0.05, 0) is 18.4 Å². The highest BCUT2D eigenvalue weighted by molar-refractivity contribution is 7.13. The number of aromatic nitrogens is 3. The standard InChI is InChI=1S/C13H19N5S/c1-10(18-7-5-14-6-8-18)13-15-12(16-17(13)2)11-4-3-9-19-11/h3-4,9-10,14H,5-8H2,1-2H3. The first kappa shape index (κ1) is 12.8. The minimum absolute atomic E-state index is 0.313. The van der Waals surface area contributed by atoms with Crippen LogP contribution in [0.15, 0.2) is 17.5 Å². The van der Waals surface area contributed by atoms with Crippen molar-refractivity contribution in [2.24, 2.45) is 7.05 Å². The zero-order chi connectivity index (χ0) is 13.2. The van der Waals surface area contributed by atoms with Crippen LogP contribution in [-0.2, 0) is 7.05 Å². The molecule has 19 heavy (non-hydrogen) atoms. The van der Waals surface area contributed by atoms with Gasteiger partial charge in [-0.2, -0.15) is 5.10 Å². The molecule has 1 aliphatic rings. The fourth-order valence-electron chi connectivity index (χ4n) is 2.50. The second-order valence-corrected chi connectivity index (χ2v) is 5.80. The summed E-state index contributed by atoms with van der Waals surface area (Å²) in [4.78, 5) is 8.32. The van der Waals surface area contributed by atoms with E-state index in [2.05, 4.69) is 33.7 Å². The van der Waals surface area contributed by atoms with Crippen LogP contribution in [-0.4, -0.2) is 45.8 Å². The number of piperazine rings is 1. The third-order valence-corrected chi connectivity index (χ3v) is 4.48. The van der Waals surface area contributed by atoms with E-state index < -0.39 is 0 Å². The molecule has 0 aromatic carbocycles. The number of hydrogen-bond donors (Lipinski definition) is 1. The molecule has 3 rings (SSSR count). The summed E-state index contributed by atoms with van der Waals surface area (Å²) in [5.41, 5.74) is 0. The van der Waals surface area contributed by atoms with Crippen LogP contribution >= 0.6 is 11.3 Å².